The number of nitrogens with one attached hydrogen (secondary N) is 1. The zero-order valence-corrected chi connectivity index (χ0v) is 11.0. The molecular formula is C14H20FN3. The zero-order valence-electron chi connectivity index (χ0n) is 11.0. The van der Waals surface area contributed by atoms with Crippen LogP contribution in [0.3, 0.4) is 0 Å². The molecule has 1 N–H and O–H groups in total. The van der Waals surface area contributed by atoms with Gasteiger partial charge in [0.05, 0.1) is 11.0 Å². The number of rotatable bonds is 6. The SMILES string of the molecule is CCCn1c(CCCNC)nc2ccc(F)cc21. The number of fused-ring (bicyclic) bond motifs is 1. The Kier molecular flexibility index (Phi) is 4.31. The highest BCUT2D eigenvalue weighted by molar-refractivity contribution is 5.76. The fraction of sp³-hybridized carbons (Fsp3) is 0.500. The van der Waals surface area contributed by atoms with E-state index in [0.717, 1.165) is 49.2 Å². The molecule has 3 nitrogen and oxygen atoms in total. The average molecular weight is 249 g/mol. The van der Waals surface area contributed by atoms with Gasteiger partial charge < -0.3 is 9.88 Å². The predicted octanol–water partition coefficient (Wildman–Crippen LogP) is 2.74. The van der Waals surface area contributed by atoms with Gasteiger partial charge in [-0.1, -0.05) is 6.92 Å². The van der Waals surface area contributed by atoms with Gasteiger partial charge in [0.2, 0.25) is 0 Å². The van der Waals surface area contributed by atoms with E-state index >= 15 is 0 Å². The largest absolute Gasteiger partial charge is 0.328 e. The molecule has 18 heavy (non-hydrogen) atoms. The normalized spacial score (nSPS) is 11.3. The molecule has 0 spiro atoms. The Morgan fingerprint density at radius 1 is 1.39 bits per heavy atom. The molecule has 0 radical (unpaired) electrons. The first-order valence-electron chi connectivity index (χ1n) is 6.55. The molecule has 0 atom stereocenters. The maximum absolute atomic E-state index is 13.3. The van der Waals surface area contributed by atoms with Crippen molar-refractivity contribution in [1.82, 2.24) is 14.9 Å². The van der Waals surface area contributed by atoms with Crippen LogP contribution in [0, 0.1) is 5.82 Å². The van der Waals surface area contributed by atoms with Crippen molar-refractivity contribution in [3.05, 3.63) is 29.8 Å². The van der Waals surface area contributed by atoms with Crippen LogP contribution in [-0.4, -0.2) is 23.1 Å². The van der Waals surface area contributed by atoms with Crippen LogP contribution < -0.4 is 5.32 Å². The van der Waals surface area contributed by atoms with E-state index in [1.807, 2.05) is 7.05 Å². The number of benzene rings is 1. The topological polar surface area (TPSA) is 29.9 Å². The minimum Gasteiger partial charge on any atom is -0.328 e. The van der Waals surface area contributed by atoms with Gasteiger partial charge in [-0.25, -0.2) is 9.37 Å². The maximum atomic E-state index is 13.3. The Morgan fingerprint density at radius 3 is 2.94 bits per heavy atom. The van der Waals surface area contributed by atoms with Gasteiger partial charge in [0.15, 0.2) is 0 Å². The fourth-order valence-electron chi connectivity index (χ4n) is 2.23. The second kappa shape index (κ2) is 5.96. The number of aryl methyl sites for hydroxylation is 2. The number of imidazole rings is 1. The van der Waals surface area contributed by atoms with Gasteiger partial charge in [0, 0.05) is 13.0 Å². The van der Waals surface area contributed by atoms with Crippen molar-refractivity contribution in [3.8, 4) is 0 Å². The van der Waals surface area contributed by atoms with Gasteiger partial charge in [-0.3, -0.25) is 0 Å². The van der Waals surface area contributed by atoms with Crippen molar-refractivity contribution in [3.63, 3.8) is 0 Å². The average Bonchev–Trinajstić information content (AvgIpc) is 2.68. The van der Waals surface area contributed by atoms with Gasteiger partial charge in [0.1, 0.15) is 11.6 Å². The molecule has 2 rings (SSSR count). The molecule has 0 aliphatic carbocycles. The lowest BCUT2D eigenvalue weighted by Gasteiger charge is -2.07. The molecule has 1 aromatic carbocycles. The lowest BCUT2D eigenvalue weighted by molar-refractivity contribution is 0.616. The van der Waals surface area contributed by atoms with Crippen LogP contribution in [-0.2, 0) is 13.0 Å². The number of hydrogen-bond acceptors (Lipinski definition) is 2. The summed E-state index contributed by atoms with van der Waals surface area (Å²) in [6.07, 6.45) is 3.00. The minimum absolute atomic E-state index is 0.193. The van der Waals surface area contributed by atoms with Crippen LogP contribution in [0.2, 0.25) is 0 Å². The zero-order chi connectivity index (χ0) is 13.0. The summed E-state index contributed by atoms with van der Waals surface area (Å²) in [7, 11) is 1.95. The summed E-state index contributed by atoms with van der Waals surface area (Å²) in [5.74, 6) is 0.870. The van der Waals surface area contributed by atoms with Gasteiger partial charge >= 0.3 is 0 Å². The summed E-state index contributed by atoms with van der Waals surface area (Å²) in [5.41, 5.74) is 1.81. The van der Waals surface area contributed by atoms with Crippen molar-refractivity contribution in [2.45, 2.75) is 32.7 Å². The van der Waals surface area contributed by atoms with E-state index in [1.165, 1.54) is 6.07 Å². The Bertz CT molecular complexity index is 519. The van der Waals surface area contributed by atoms with Crippen molar-refractivity contribution in [2.24, 2.45) is 0 Å². The van der Waals surface area contributed by atoms with Crippen LogP contribution >= 0.6 is 0 Å². The third kappa shape index (κ3) is 2.70. The Hall–Kier alpha value is -1.42. The first-order valence-corrected chi connectivity index (χ1v) is 6.55. The van der Waals surface area contributed by atoms with Crippen molar-refractivity contribution in [2.75, 3.05) is 13.6 Å². The van der Waals surface area contributed by atoms with Crippen LogP contribution in [0.1, 0.15) is 25.6 Å². The molecule has 0 aliphatic heterocycles. The second-order valence-electron chi connectivity index (χ2n) is 4.52. The molecule has 0 saturated carbocycles. The van der Waals surface area contributed by atoms with Gasteiger partial charge in [0.25, 0.3) is 0 Å². The molecule has 0 unspecified atom stereocenters. The molecule has 4 heteroatoms. The van der Waals surface area contributed by atoms with E-state index in [0.29, 0.717) is 0 Å². The quantitative estimate of drug-likeness (QED) is 0.798. The highest BCUT2D eigenvalue weighted by Crippen LogP contribution is 2.19. The minimum atomic E-state index is -0.193. The van der Waals surface area contributed by atoms with Crippen LogP contribution in [0.15, 0.2) is 18.2 Å². The highest BCUT2D eigenvalue weighted by atomic mass is 19.1. The van der Waals surface area contributed by atoms with Crippen LogP contribution in [0.4, 0.5) is 4.39 Å². The first-order chi connectivity index (χ1) is 8.76. The summed E-state index contributed by atoms with van der Waals surface area (Å²) < 4.78 is 15.5. The monoisotopic (exact) mass is 249 g/mol. The number of aromatic nitrogens is 2. The predicted molar refractivity (Wildman–Crippen MR) is 72.2 cm³/mol. The smallest absolute Gasteiger partial charge is 0.125 e. The molecule has 0 fully saturated rings. The van der Waals surface area contributed by atoms with E-state index in [-0.39, 0.29) is 5.82 Å². The van der Waals surface area contributed by atoms with Crippen molar-refractivity contribution < 1.29 is 4.39 Å². The molecule has 0 saturated heterocycles. The highest BCUT2D eigenvalue weighted by Gasteiger charge is 2.10. The molecule has 2 aromatic rings. The summed E-state index contributed by atoms with van der Waals surface area (Å²) in [6.45, 7) is 4.00. The maximum Gasteiger partial charge on any atom is 0.125 e. The number of hydrogen-bond donors (Lipinski definition) is 1. The molecular weight excluding hydrogens is 229 g/mol. The molecule has 1 aromatic heterocycles. The third-order valence-electron chi connectivity index (χ3n) is 3.06. The lowest BCUT2D eigenvalue weighted by Crippen LogP contribution is -2.11. The second-order valence-corrected chi connectivity index (χ2v) is 4.52. The standard InChI is InChI=1S/C14H20FN3/c1-3-9-18-13-10-11(15)6-7-12(13)17-14(18)5-4-8-16-2/h6-7,10,16H,3-5,8-9H2,1-2H3. The lowest BCUT2D eigenvalue weighted by atomic mass is 10.3. The molecule has 0 amide bonds. The van der Waals surface area contributed by atoms with Gasteiger partial charge in [-0.2, -0.15) is 0 Å². The summed E-state index contributed by atoms with van der Waals surface area (Å²) in [4.78, 5) is 4.61. The van der Waals surface area contributed by atoms with E-state index in [1.54, 1.807) is 12.1 Å². The Labute approximate surface area is 107 Å². The van der Waals surface area contributed by atoms with E-state index < -0.39 is 0 Å². The summed E-state index contributed by atoms with van der Waals surface area (Å²) >= 11 is 0. The van der Waals surface area contributed by atoms with E-state index in [4.69, 9.17) is 0 Å². The van der Waals surface area contributed by atoms with E-state index in [9.17, 15) is 4.39 Å². The molecule has 0 aliphatic rings. The first kappa shape index (κ1) is 13.0. The third-order valence-corrected chi connectivity index (χ3v) is 3.06. The van der Waals surface area contributed by atoms with Crippen LogP contribution in [0.5, 0.6) is 0 Å². The summed E-state index contributed by atoms with van der Waals surface area (Å²) in [6, 6.07) is 4.82. The number of halogens is 1. The molecule has 98 valence electrons. The molecule has 0 bridgehead atoms. The van der Waals surface area contributed by atoms with Crippen molar-refractivity contribution >= 4 is 11.0 Å². The van der Waals surface area contributed by atoms with E-state index in [2.05, 4.69) is 21.8 Å². The number of nitrogens with zero attached hydrogens (tertiary/aromatic N) is 2. The fourth-order valence-corrected chi connectivity index (χ4v) is 2.23. The van der Waals surface area contributed by atoms with Gasteiger partial charge in [-0.15, -0.1) is 0 Å². The Balaban J connectivity index is 2.35. The van der Waals surface area contributed by atoms with Gasteiger partial charge in [-0.05, 0) is 44.6 Å². The van der Waals surface area contributed by atoms with Crippen LogP contribution in [0.25, 0.3) is 11.0 Å². The molecule has 1 heterocycles. The Morgan fingerprint density at radius 2 is 2.22 bits per heavy atom. The summed E-state index contributed by atoms with van der Waals surface area (Å²) in [5, 5.41) is 3.14. The van der Waals surface area contributed by atoms with Crippen molar-refractivity contribution in [1.29, 1.82) is 0 Å².